The highest BCUT2D eigenvalue weighted by Crippen LogP contribution is 2.29. The molecule has 0 bridgehead atoms. The average Bonchev–Trinajstić information content (AvgIpc) is 3.02. The zero-order valence-electron chi connectivity index (χ0n) is 14.3. The summed E-state index contributed by atoms with van der Waals surface area (Å²) in [5.74, 6) is -0.249. The zero-order chi connectivity index (χ0) is 18.1. The third kappa shape index (κ3) is 6.57. The van der Waals surface area contributed by atoms with E-state index in [9.17, 15) is 9.59 Å². The Kier molecular flexibility index (Phi) is 8.25. The number of oxime groups is 1. The van der Waals surface area contributed by atoms with Gasteiger partial charge in [-0.25, -0.2) is 4.79 Å². The van der Waals surface area contributed by atoms with Gasteiger partial charge in [-0.3, -0.25) is 4.79 Å². The molecule has 0 amide bonds. The van der Waals surface area contributed by atoms with Gasteiger partial charge in [-0.05, 0) is 38.2 Å². The van der Waals surface area contributed by atoms with Crippen LogP contribution in [0.3, 0.4) is 0 Å². The van der Waals surface area contributed by atoms with Crippen molar-refractivity contribution in [2.24, 2.45) is 22.7 Å². The summed E-state index contributed by atoms with van der Waals surface area (Å²) in [5.41, 5.74) is 5.40. The van der Waals surface area contributed by atoms with Crippen LogP contribution in [0.4, 0.5) is 4.79 Å². The number of hydrogen-bond acceptors (Lipinski definition) is 7. The van der Waals surface area contributed by atoms with Crippen LogP contribution in [0.2, 0.25) is 0 Å². The van der Waals surface area contributed by atoms with E-state index in [0.29, 0.717) is 6.42 Å². The number of nitrogens with two attached hydrogens (primary N) is 1. The van der Waals surface area contributed by atoms with Crippen molar-refractivity contribution in [3.63, 3.8) is 0 Å². The Morgan fingerprint density at radius 2 is 2.08 bits per heavy atom. The number of carbonyl (C=O) groups is 2. The molecule has 1 heterocycles. The van der Waals surface area contributed by atoms with E-state index >= 15 is 0 Å². The minimum atomic E-state index is -0.731. The minimum absolute atomic E-state index is 0.0127. The molecule has 1 rings (SSSR count). The van der Waals surface area contributed by atoms with E-state index in [4.69, 9.17) is 20.4 Å². The Labute approximate surface area is 141 Å². The molecule has 136 valence electrons. The molecule has 4 atom stereocenters. The first kappa shape index (κ1) is 20.0. The molecule has 0 saturated carbocycles. The largest absolute Gasteiger partial charge is 0.508 e. The minimum Gasteiger partial charge on any atom is -0.438 e. The van der Waals surface area contributed by atoms with Crippen molar-refractivity contribution in [1.29, 1.82) is 0 Å². The summed E-state index contributed by atoms with van der Waals surface area (Å²) in [6, 6.07) is 0. The molecule has 8 nitrogen and oxygen atoms in total. The monoisotopic (exact) mass is 342 g/mol. The number of amidine groups is 1. The van der Waals surface area contributed by atoms with Crippen molar-refractivity contribution in [3.05, 3.63) is 12.2 Å². The summed E-state index contributed by atoms with van der Waals surface area (Å²) in [6.45, 7) is 3.60. The maximum atomic E-state index is 11.9. The van der Waals surface area contributed by atoms with Gasteiger partial charge in [-0.2, -0.15) is 0 Å². The molecule has 24 heavy (non-hydrogen) atoms. The van der Waals surface area contributed by atoms with E-state index in [1.807, 2.05) is 6.92 Å². The number of carbonyl (C=O) groups excluding carboxylic acids is 2. The number of allylic oxidation sites excluding steroid dienone is 1. The molecule has 1 fully saturated rings. The van der Waals surface area contributed by atoms with Crippen LogP contribution in [0.5, 0.6) is 0 Å². The Morgan fingerprint density at radius 1 is 1.42 bits per heavy atom. The van der Waals surface area contributed by atoms with Gasteiger partial charge in [0.2, 0.25) is 0 Å². The average molecular weight is 342 g/mol. The van der Waals surface area contributed by atoms with Crippen molar-refractivity contribution < 1.29 is 29.0 Å². The lowest BCUT2D eigenvalue weighted by Gasteiger charge is -2.22. The van der Waals surface area contributed by atoms with Gasteiger partial charge >= 0.3 is 6.16 Å². The van der Waals surface area contributed by atoms with Crippen molar-refractivity contribution >= 4 is 17.8 Å². The van der Waals surface area contributed by atoms with Crippen molar-refractivity contribution in [2.75, 3.05) is 13.7 Å². The molecular weight excluding hydrogens is 316 g/mol. The van der Waals surface area contributed by atoms with Crippen LogP contribution in [0.25, 0.3) is 0 Å². The maximum absolute atomic E-state index is 11.9. The van der Waals surface area contributed by atoms with Crippen molar-refractivity contribution in [2.45, 2.75) is 45.3 Å². The van der Waals surface area contributed by atoms with Gasteiger partial charge in [0.1, 0.15) is 12.4 Å². The molecule has 3 N–H and O–H groups in total. The second kappa shape index (κ2) is 9.92. The van der Waals surface area contributed by atoms with Gasteiger partial charge in [0.25, 0.3) is 0 Å². The summed E-state index contributed by atoms with van der Waals surface area (Å²) in [4.78, 5) is 22.9. The van der Waals surface area contributed by atoms with Crippen LogP contribution in [-0.2, 0) is 19.0 Å². The lowest BCUT2D eigenvalue weighted by Crippen LogP contribution is -2.26. The standard InChI is InChI=1S/C16H26N2O6/c1-10(4-7-15(17)18-21)14(11(2)19)8-12-5-6-13(24-12)9-23-16(20)22-3/h4,7,10,12-14,21H,5-6,8-9H2,1-3H3,(H2,17,18)/b7-4-/t10?,12-,13+,14?/m1/s1. The fraction of sp³-hybridized carbons (Fsp3) is 0.688. The highest BCUT2D eigenvalue weighted by atomic mass is 16.7. The van der Waals surface area contributed by atoms with E-state index in [1.165, 1.54) is 13.2 Å². The molecule has 0 aliphatic carbocycles. The topological polar surface area (TPSA) is 120 Å². The second-order valence-electron chi connectivity index (χ2n) is 5.92. The molecule has 1 saturated heterocycles. The number of ketones is 1. The van der Waals surface area contributed by atoms with Gasteiger partial charge in [-0.15, -0.1) is 0 Å². The molecule has 0 aromatic rings. The van der Waals surface area contributed by atoms with Crippen LogP contribution in [-0.4, -0.2) is 48.9 Å². The molecule has 8 heteroatoms. The Morgan fingerprint density at radius 3 is 2.67 bits per heavy atom. The summed E-state index contributed by atoms with van der Waals surface area (Å²) in [6.07, 6.45) is 4.39. The quantitative estimate of drug-likeness (QED) is 0.227. The van der Waals surface area contributed by atoms with E-state index in [-0.39, 0.29) is 42.3 Å². The fourth-order valence-electron chi connectivity index (χ4n) is 2.75. The Balaban J connectivity index is 2.53. The highest BCUT2D eigenvalue weighted by molar-refractivity contribution is 5.90. The molecule has 1 aliphatic rings. The molecule has 0 aromatic heterocycles. The van der Waals surface area contributed by atoms with E-state index in [0.717, 1.165) is 12.8 Å². The summed E-state index contributed by atoms with van der Waals surface area (Å²) >= 11 is 0. The fourth-order valence-corrected chi connectivity index (χ4v) is 2.75. The van der Waals surface area contributed by atoms with Crippen molar-refractivity contribution in [3.8, 4) is 0 Å². The molecular formula is C16H26N2O6. The number of Topliss-reactive ketones (excluding diaryl/α,β-unsaturated/α-hetero) is 1. The zero-order valence-corrected chi connectivity index (χ0v) is 14.3. The number of nitrogens with zero attached hydrogens (tertiary/aromatic N) is 1. The Bertz CT molecular complexity index is 491. The van der Waals surface area contributed by atoms with Gasteiger partial charge in [0.05, 0.1) is 19.3 Å². The van der Waals surface area contributed by atoms with Crippen LogP contribution >= 0.6 is 0 Å². The van der Waals surface area contributed by atoms with Gasteiger partial charge in [-0.1, -0.05) is 18.2 Å². The third-order valence-corrected chi connectivity index (χ3v) is 4.11. The number of hydrogen-bond donors (Lipinski definition) is 2. The highest BCUT2D eigenvalue weighted by Gasteiger charge is 2.31. The van der Waals surface area contributed by atoms with E-state index < -0.39 is 6.16 Å². The Hall–Kier alpha value is -2.09. The number of ether oxygens (including phenoxy) is 3. The molecule has 1 aliphatic heterocycles. The van der Waals surface area contributed by atoms with Crippen LogP contribution in [0.1, 0.15) is 33.1 Å². The summed E-state index contributed by atoms with van der Waals surface area (Å²) < 4.78 is 15.1. The van der Waals surface area contributed by atoms with E-state index in [2.05, 4.69) is 9.89 Å². The van der Waals surface area contributed by atoms with Crippen LogP contribution < -0.4 is 5.73 Å². The second-order valence-corrected chi connectivity index (χ2v) is 5.92. The first-order valence-electron chi connectivity index (χ1n) is 7.89. The molecule has 0 spiro atoms. The van der Waals surface area contributed by atoms with Gasteiger partial charge in [0, 0.05) is 5.92 Å². The first-order chi connectivity index (χ1) is 11.4. The lowest BCUT2D eigenvalue weighted by atomic mass is 9.85. The normalized spacial score (nSPS) is 23.9. The lowest BCUT2D eigenvalue weighted by molar-refractivity contribution is -0.123. The van der Waals surface area contributed by atoms with Crippen LogP contribution in [0.15, 0.2) is 17.3 Å². The van der Waals surface area contributed by atoms with Gasteiger partial charge in [0.15, 0.2) is 5.84 Å². The van der Waals surface area contributed by atoms with Crippen LogP contribution in [0, 0.1) is 11.8 Å². The predicted molar refractivity (Wildman–Crippen MR) is 86.8 cm³/mol. The summed E-state index contributed by atoms with van der Waals surface area (Å²) in [5, 5.41) is 11.4. The SMILES string of the molecule is COC(=O)OC[C@@H]1CC[C@H](CC(C(C)=O)C(C)/C=C\C(N)=NO)O1. The molecule has 2 unspecified atom stereocenters. The van der Waals surface area contributed by atoms with E-state index in [1.54, 1.807) is 13.0 Å². The number of methoxy groups -OCH3 is 1. The predicted octanol–water partition coefficient (Wildman–Crippen LogP) is 1.85. The smallest absolute Gasteiger partial charge is 0.438 e. The molecule has 0 aromatic carbocycles. The number of rotatable bonds is 8. The maximum Gasteiger partial charge on any atom is 0.508 e. The van der Waals surface area contributed by atoms with Crippen molar-refractivity contribution in [1.82, 2.24) is 0 Å². The first-order valence-corrected chi connectivity index (χ1v) is 7.89. The van der Waals surface area contributed by atoms with Gasteiger partial charge < -0.3 is 25.2 Å². The molecule has 0 radical (unpaired) electrons. The third-order valence-electron chi connectivity index (χ3n) is 4.11. The summed E-state index contributed by atoms with van der Waals surface area (Å²) in [7, 11) is 1.25.